The first-order valence-corrected chi connectivity index (χ1v) is 14.9. The van der Waals surface area contributed by atoms with E-state index in [9.17, 15) is 17.6 Å². The molecule has 43 heavy (non-hydrogen) atoms. The predicted octanol–water partition coefficient (Wildman–Crippen LogP) is 5.56. The van der Waals surface area contributed by atoms with Crippen LogP contribution in [0.1, 0.15) is 44.1 Å². The quantitative estimate of drug-likeness (QED) is 0.355. The van der Waals surface area contributed by atoms with Crippen LogP contribution in [-0.2, 0) is 10.9 Å². The number of hydrogen-bond donors (Lipinski definition) is 1. The van der Waals surface area contributed by atoms with Gasteiger partial charge >= 0.3 is 12.2 Å². The Hall–Kier alpha value is -3.09. The van der Waals surface area contributed by atoms with Gasteiger partial charge in [0.15, 0.2) is 5.82 Å². The van der Waals surface area contributed by atoms with Gasteiger partial charge in [-0.2, -0.15) is 23.1 Å². The fraction of sp³-hybridized carbons (Fsp3) is 0.548. The van der Waals surface area contributed by atoms with Crippen molar-refractivity contribution >= 4 is 16.7 Å². The molecule has 1 N–H and O–H groups in total. The molecule has 5 heterocycles. The molecular formula is C31H34F5N5O2. The molecule has 4 aliphatic heterocycles. The lowest BCUT2D eigenvalue weighted by molar-refractivity contribution is -0.137. The molecule has 2 bridgehead atoms. The molecule has 7 rings (SSSR count). The molecule has 12 heteroatoms. The zero-order valence-electron chi connectivity index (χ0n) is 23.9. The maximum atomic E-state index is 16.4. The largest absolute Gasteiger partial charge is 0.461 e. The van der Waals surface area contributed by atoms with Crippen LogP contribution in [-0.4, -0.2) is 78.5 Å². The van der Waals surface area contributed by atoms with Crippen LogP contribution in [0.25, 0.3) is 22.0 Å². The minimum absolute atomic E-state index is 0.0222. The molecule has 0 amide bonds. The number of benzene rings is 2. The van der Waals surface area contributed by atoms with E-state index >= 15 is 4.39 Å². The number of anilines is 1. The molecule has 4 aliphatic rings. The van der Waals surface area contributed by atoms with Crippen LogP contribution in [0, 0.1) is 11.6 Å². The van der Waals surface area contributed by atoms with Crippen molar-refractivity contribution in [1.82, 2.24) is 20.2 Å². The summed E-state index contributed by atoms with van der Waals surface area (Å²) in [6.07, 6.45) is 0.873. The third-order valence-corrected chi connectivity index (χ3v) is 9.71. The predicted molar refractivity (Wildman–Crippen MR) is 151 cm³/mol. The van der Waals surface area contributed by atoms with Crippen LogP contribution in [0.3, 0.4) is 0 Å². The van der Waals surface area contributed by atoms with Gasteiger partial charge in [-0.1, -0.05) is 12.1 Å². The standard InChI is InChI=1S/C31H34F5N5O2/c1-42-16-22-9-11-30(10-2-12-41(22)30)17-43-29-38-27-23(28(39-29)40-14-20-7-8-21(15-40)37-20)13-24(31(34,35)36)25(26(27)33)18-3-5-19(32)6-4-18/h3-6,13,20-22,37H,2,7-12,14-17H2,1H3. The van der Waals surface area contributed by atoms with Gasteiger partial charge in [-0.25, -0.2) is 8.78 Å². The average molecular weight is 604 g/mol. The molecular weight excluding hydrogens is 569 g/mol. The first-order valence-electron chi connectivity index (χ1n) is 14.9. The van der Waals surface area contributed by atoms with Gasteiger partial charge in [0.05, 0.1) is 17.7 Å². The molecule has 0 aliphatic carbocycles. The summed E-state index contributed by atoms with van der Waals surface area (Å²) >= 11 is 0. The smallest absolute Gasteiger partial charge is 0.417 e. The summed E-state index contributed by atoms with van der Waals surface area (Å²) in [5.41, 5.74) is -2.38. The summed E-state index contributed by atoms with van der Waals surface area (Å²) in [7, 11) is 1.69. The number of rotatable bonds is 7. The van der Waals surface area contributed by atoms with E-state index in [1.54, 1.807) is 7.11 Å². The van der Waals surface area contributed by atoms with Crippen molar-refractivity contribution in [3.63, 3.8) is 0 Å². The maximum Gasteiger partial charge on any atom is 0.417 e. The first kappa shape index (κ1) is 28.7. The number of halogens is 5. The number of hydrogen-bond acceptors (Lipinski definition) is 7. The average Bonchev–Trinajstić information content (AvgIpc) is 3.65. The first-order chi connectivity index (χ1) is 20.6. The Balaban J connectivity index is 1.34. The van der Waals surface area contributed by atoms with Gasteiger partial charge in [-0.3, -0.25) is 4.90 Å². The Morgan fingerprint density at radius 2 is 1.77 bits per heavy atom. The van der Waals surface area contributed by atoms with Gasteiger partial charge in [0.2, 0.25) is 0 Å². The van der Waals surface area contributed by atoms with Gasteiger partial charge in [-0.15, -0.1) is 0 Å². The second-order valence-corrected chi connectivity index (χ2v) is 12.3. The van der Waals surface area contributed by atoms with Crippen molar-refractivity contribution in [2.24, 2.45) is 0 Å². The number of ether oxygens (including phenoxy) is 2. The Labute approximate surface area is 246 Å². The fourth-order valence-corrected chi connectivity index (χ4v) is 7.77. The molecule has 0 radical (unpaired) electrons. The molecule has 7 nitrogen and oxygen atoms in total. The molecule has 0 spiro atoms. The van der Waals surface area contributed by atoms with E-state index in [1.807, 2.05) is 4.90 Å². The number of alkyl halides is 3. The Bertz CT molecular complexity index is 1510. The summed E-state index contributed by atoms with van der Waals surface area (Å²) in [6.45, 7) is 2.91. The van der Waals surface area contributed by atoms with Gasteiger partial charge in [0.25, 0.3) is 0 Å². The number of nitrogens with one attached hydrogen (secondary N) is 1. The van der Waals surface area contributed by atoms with E-state index in [2.05, 4.69) is 20.2 Å². The minimum Gasteiger partial charge on any atom is -0.461 e. The number of piperazine rings is 1. The van der Waals surface area contributed by atoms with Crippen LogP contribution >= 0.6 is 0 Å². The van der Waals surface area contributed by atoms with Crippen molar-refractivity contribution in [3.05, 3.63) is 47.5 Å². The molecule has 3 aromatic rings. The molecule has 2 aromatic carbocycles. The zero-order valence-corrected chi connectivity index (χ0v) is 23.9. The number of aromatic nitrogens is 2. The van der Waals surface area contributed by atoms with Gasteiger partial charge in [-0.05, 0) is 68.8 Å². The van der Waals surface area contributed by atoms with E-state index in [4.69, 9.17) is 9.47 Å². The Morgan fingerprint density at radius 1 is 1.02 bits per heavy atom. The van der Waals surface area contributed by atoms with Gasteiger partial charge in [0, 0.05) is 49.3 Å². The summed E-state index contributed by atoms with van der Waals surface area (Å²) in [5, 5.41) is 3.50. The van der Waals surface area contributed by atoms with Crippen molar-refractivity contribution < 1.29 is 31.4 Å². The van der Waals surface area contributed by atoms with Crippen LogP contribution < -0.4 is 15.0 Å². The molecule has 4 saturated heterocycles. The van der Waals surface area contributed by atoms with Crippen molar-refractivity contribution in [3.8, 4) is 17.1 Å². The number of methoxy groups -OCH3 is 1. The molecule has 1 aromatic heterocycles. The van der Waals surface area contributed by atoms with Crippen LogP contribution in [0.4, 0.5) is 27.8 Å². The second kappa shape index (κ2) is 10.8. The van der Waals surface area contributed by atoms with Crippen molar-refractivity contribution in [1.29, 1.82) is 0 Å². The number of fused-ring (bicyclic) bond motifs is 4. The number of nitrogens with zero attached hydrogens (tertiary/aromatic N) is 4. The van der Waals surface area contributed by atoms with Crippen molar-refractivity contribution in [2.45, 2.75) is 68.4 Å². The molecule has 4 fully saturated rings. The summed E-state index contributed by atoms with van der Waals surface area (Å²) in [5.74, 6) is -1.53. The lowest BCUT2D eigenvalue weighted by atomic mass is 9.95. The van der Waals surface area contributed by atoms with Crippen LogP contribution in [0.2, 0.25) is 0 Å². The van der Waals surface area contributed by atoms with Crippen LogP contribution in [0.15, 0.2) is 30.3 Å². The fourth-order valence-electron chi connectivity index (χ4n) is 7.77. The molecule has 230 valence electrons. The lowest BCUT2D eigenvalue weighted by Crippen LogP contribution is -2.51. The zero-order chi connectivity index (χ0) is 29.9. The highest BCUT2D eigenvalue weighted by Gasteiger charge is 2.50. The minimum atomic E-state index is -4.88. The van der Waals surface area contributed by atoms with Crippen molar-refractivity contribution in [2.75, 3.05) is 44.9 Å². The van der Waals surface area contributed by atoms with E-state index < -0.39 is 28.9 Å². The molecule has 0 saturated carbocycles. The highest BCUT2D eigenvalue weighted by atomic mass is 19.4. The monoisotopic (exact) mass is 603 g/mol. The summed E-state index contributed by atoms with van der Waals surface area (Å²) in [6, 6.07) is 5.82. The van der Waals surface area contributed by atoms with E-state index in [1.165, 1.54) is 0 Å². The topological polar surface area (TPSA) is 62.8 Å². The molecule has 4 unspecified atom stereocenters. The maximum absolute atomic E-state index is 16.4. The normalized spacial score (nSPS) is 27.3. The van der Waals surface area contributed by atoms with Crippen LogP contribution in [0.5, 0.6) is 6.01 Å². The summed E-state index contributed by atoms with van der Waals surface area (Å²) < 4.78 is 85.2. The summed E-state index contributed by atoms with van der Waals surface area (Å²) in [4.78, 5) is 13.4. The third kappa shape index (κ3) is 5.10. The lowest BCUT2D eigenvalue weighted by Gasteiger charge is -2.35. The highest BCUT2D eigenvalue weighted by molar-refractivity contribution is 5.95. The highest BCUT2D eigenvalue weighted by Crippen LogP contribution is 2.45. The van der Waals surface area contributed by atoms with E-state index in [0.29, 0.717) is 19.7 Å². The Kier molecular flexibility index (Phi) is 7.21. The van der Waals surface area contributed by atoms with Gasteiger partial charge in [0.1, 0.15) is 23.8 Å². The van der Waals surface area contributed by atoms with Gasteiger partial charge < -0.3 is 19.7 Å². The third-order valence-electron chi connectivity index (χ3n) is 9.71. The second-order valence-electron chi connectivity index (χ2n) is 12.3. The van der Waals surface area contributed by atoms with E-state index in [-0.39, 0.29) is 58.6 Å². The Morgan fingerprint density at radius 3 is 2.47 bits per heavy atom. The SMILES string of the molecule is COCC1CCC2(COc3nc(N4CC5CCC(C4)N5)c4cc(C(F)(F)F)c(-c5ccc(F)cc5)c(F)c4n3)CCCN12. The molecule has 4 atom stereocenters. The van der Waals surface area contributed by atoms with E-state index in [0.717, 1.165) is 75.4 Å².